The molecule has 1 saturated heterocycles. The van der Waals surface area contributed by atoms with Gasteiger partial charge in [-0.15, -0.1) is 0 Å². The average molecular weight is 387 g/mol. The van der Waals surface area contributed by atoms with Crippen LogP contribution in [0, 0.1) is 11.7 Å². The Kier molecular flexibility index (Phi) is 6.00. The SMILES string of the molecule is CC(=O)N[C@H]1CC[C@H](CCN2CCC(c3ccc(F)c4occc34)CC2)CC1. The summed E-state index contributed by atoms with van der Waals surface area (Å²) in [7, 11) is 0. The Hall–Kier alpha value is -1.88. The van der Waals surface area contributed by atoms with Crippen molar-refractivity contribution in [2.24, 2.45) is 5.92 Å². The summed E-state index contributed by atoms with van der Waals surface area (Å²) < 4.78 is 19.2. The molecule has 1 aliphatic heterocycles. The third-order valence-electron chi connectivity index (χ3n) is 6.74. The van der Waals surface area contributed by atoms with Gasteiger partial charge in [0, 0.05) is 18.4 Å². The number of hydrogen-bond acceptors (Lipinski definition) is 3. The average Bonchev–Trinajstić information content (AvgIpc) is 3.19. The fraction of sp³-hybridized carbons (Fsp3) is 0.609. The third kappa shape index (κ3) is 4.40. The monoisotopic (exact) mass is 386 g/mol. The standard InChI is InChI=1S/C23H31FN2O2/c1-16(27)25-19-4-2-17(3-5-19)8-12-26-13-9-18(10-14-26)20-6-7-22(24)23-21(20)11-15-28-23/h6-7,11,15,17-19H,2-5,8-10,12-14H2,1H3,(H,25,27)/t17-,19-. The molecular formula is C23H31FN2O2. The number of benzene rings is 1. The second-order valence-electron chi connectivity index (χ2n) is 8.62. The fourth-order valence-electron chi connectivity index (χ4n) is 5.12. The van der Waals surface area contributed by atoms with Crippen LogP contribution in [0.3, 0.4) is 0 Å². The number of furan rings is 1. The largest absolute Gasteiger partial charge is 0.461 e. The first-order valence-corrected chi connectivity index (χ1v) is 10.7. The van der Waals surface area contributed by atoms with Crippen molar-refractivity contribution in [1.29, 1.82) is 0 Å². The number of nitrogens with zero attached hydrogens (tertiary/aromatic N) is 1. The van der Waals surface area contributed by atoms with Crippen LogP contribution < -0.4 is 5.32 Å². The molecule has 1 aromatic carbocycles. The van der Waals surface area contributed by atoms with Crippen molar-refractivity contribution in [3.8, 4) is 0 Å². The van der Waals surface area contributed by atoms with E-state index in [2.05, 4.69) is 10.2 Å². The summed E-state index contributed by atoms with van der Waals surface area (Å²) in [4.78, 5) is 13.8. The summed E-state index contributed by atoms with van der Waals surface area (Å²) in [5.74, 6) is 1.12. The lowest BCUT2D eigenvalue weighted by Crippen LogP contribution is -2.37. The Morgan fingerprint density at radius 2 is 1.89 bits per heavy atom. The number of likely N-dealkylation sites (tertiary alicyclic amines) is 1. The van der Waals surface area contributed by atoms with Gasteiger partial charge in [0.15, 0.2) is 11.4 Å². The molecule has 2 aliphatic rings. The molecule has 28 heavy (non-hydrogen) atoms. The molecule has 5 heteroatoms. The van der Waals surface area contributed by atoms with Crippen LogP contribution in [0.4, 0.5) is 4.39 Å². The van der Waals surface area contributed by atoms with Gasteiger partial charge in [-0.05, 0) is 94.1 Å². The van der Waals surface area contributed by atoms with Crippen molar-refractivity contribution in [2.75, 3.05) is 19.6 Å². The lowest BCUT2D eigenvalue weighted by molar-refractivity contribution is -0.119. The van der Waals surface area contributed by atoms with Crippen molar-refractivity contribution in [2.45, 2.75) is 63.8 Å². The third-order valence-corrected chi connectivity index (χ3v) is 6.74. The number of hydrogen-bond donors (Lipinski definition) is 1. The van der Waals surface area contributed by atoms with Gasteiger partial charge in [-0.1, -0.05) is 6.07 Å². The first kappa shape index (κ1) is 19.4. The van der Waals surface area contributed by atoms with Gasteiger partial charge < -0.3 is 14.6 Å². The van der Waals surface area contributed by atoms with Crippen LogP contribution in [-0.2, 0) is 4.79 Å². The highest BCUT2D eigenvalue weighted by Gasteiger charge is 2.25. The molecule has 1 aromatic heterocycles. The minimum Gasteiger partial charge on any atom is -0.461 e. The number of amides is 1. The van der Waals surface area contributed by atoms with Crippen LogP contribution >= 0.6 is 0 Å². The number of piperidine rings is 1. The van der Waals surface area contributed by atoms with Crippen LogP contribution in [0.5, 0.6) is 0 Å². The maximum absolute atomic E-state index is 13.9. The summed E-state index contributed by atoms with van der Waals surface area (Å²) in [5, 5.41) is 4.00. The van der Waals surface area contributed by atoms with Gasteiger partial charge in [-0.3, -0.25) is 4.79 Å². The molecule has 1 aliphatic carbocycles. The van der Waals surface area contributed by atoms with Crippen molar-refractivity contribution in [3.05, 3.63) is 35.8 Å². The number of carbonyl (C=O) groups excluding carboxylic acids is 1. The first-order valence-electron chi connectivity index (χ1n) is 10.7. The summed E-state index contributed by atoms with van der Waals surface area (Å²) in [6, 6.07) is 5.78. The molecule has 4 rings (SSSR count). The highest BCUT2D eigenvalue weighted by molar-refractivity contribution is 5.82. The molecular weight excluding hydrogens is 355 g/mol. The van der Waals surface area contributed by atoms with Gasteiger partial charge in [0.25, 0.3) is 0 Å². The normalized spacial score (nSPS) is 24.5. The molecule has 0 bridgehead atoms. The quantitative estimate of drug-likeness (QED) is 0.800. The smallest absolute Gasteiger partial charge is 0.217 e. The van der Waals surface area contributed by atoms with E-state index in [0.29, 0.717) is 17.5 Å². The predicted octanol–water partition coefficient (Wildman–Crippen LogP) is 4.84. The molecule has 2 heterocycles. The van der Waals surface area contributed by atoms with E-state index in [1.54, 1.807) is 19.3 Å². The van der Waals surface area contributed by atoms with Gasteiger partial charge in [0.05, 0.1) is 6.26 Å². The highest BCUT2D eigenvalue weighted by Crippen LogP contribution is 2.35. The summed E-state index contributed by atoms with van der Waals surface area (Å²) in [6.45, 7) is 5.01. The molecule has 1 N–H and O–H groups in total. The van der Waals surface area contributed by atoms with E-state index in [9.17, 15) is 9.18 Å². The summed E-state index contributed by atoms with van der Waals surface area (Å²) >= 11 is 0. The van der Waals surface area contributed by atoms with Gasteiger partial charge in [0.2, 0.25) is 5.91 Å². The Balaban J connectivity index is 1.23. The van der Waals surface area contributed by atoms with E-state index in [0.717, 1.165) is 50.1 Å². The highest BCUT2D eigenvalue weighted by atomic mass is 19.1. The molecule has 2 fully saturated rings. The van der Waals surface area contributed by atoms with E-state index >= 15 is 0 Å². The summed E-state index contributed by atoms with van der Waals surface area (Å²) in [5.41, 5.74) is 1.64. The van der Waals surface area contributed by atoms with Gasteiger partial charge >= 0.3 is 0 Å². The van der Waals surface area contributed by atoms with Gasteiger partial charge in [-0.25, -0.2) is 4.39 Å². The molecule has 0 spiro atoms. The van der Waals surface area contributed by atoms with Crippen LogP contribution in [0.25, 0.3) is 11.0 Å². The zero-order valence-electron chi connectivity index (χ0n) is 16.8. The number of rotatable bonds is 5. The van der Waals surface area contributed by atoms with Crippen molar-refractivity contribution in [3.63, 3.8) is 0 Å². The predicted molar refractivity (Wildman–Crippen MR) is 109 cm³/mol. The van der Waals surface area contributed by atoms with Crippen molar-refractivity contribution < 1.29 is 13.6 Å². The van der Waals surface area contributed by atoms with E-state index < -0.39 is 0 Å². The number of halogens is 1. The second-order valence-corrected chi connectivity index (χ2v) is 8.62. The molecule has 0 unspecified atom stereocenters. The Labute approximate surface area is 166 Å². The van der Waals surface area contributed by atoms with Gasteiger partial charge in [-0.2, -0.15) is 0 Å². The topological polar surface area (TPSA) is 45.5 Å². The molecule has 4 nitrogen and oxygen atoms in total. The Morgan fingerprint density at radius 1 is 1.14 bits per heavy atom. The van der Waals surface area contributed by atoms with Crippen LogP contribution in [0.2, 0.25) is 0 Å². The van der Waals surface area contributed by atoms with E-state index in [1.165, 1.54) is 31.4 Å². The zero-order valence-corrected chi connectivity index (χ0v) is 16.8. The zero-order chi connectivity index (χ0) is 19.5. The molecule has 0 atom stereocenters. The minimum atomic E-state index is -0.269. The van der Waals surface area contributed by atoms with Crippen LogP contribution in [0.1, 0.15) is 63.4 Å². The van der Waals surface area contributed by atoms with Crippen molar-refractivity contribution >= 4 is 16.9 Å². The lowest BCUT2D eigenvalue weighted by atomic mass is 9.83. The Morgan fingerprint density at radius 3 is 2.61 bits per heavy atom. The number of carbonyl (C=O) groups is 1. The maximum Gasteiger partial charge on any atom is 0.217 e. The van der Waals surface area contributed by atoms with E-state index in [1.807, 2.05) is 12.1 Å². The Bertz CT molecular complexity index is 802. The van der Waals surface area contributed by atoms with Crippen molar-refractivity contribution in [1.82, 2.24) is 10.2 Å². The molecule has 1 saturated carbocycles. The van der Waals surface area contributed by atoms with Crippen LogP contribution in [-0.4, -0.2) is 36.5 Å². The maximum atomic E-state index is 13.9. The number of nitrogens with one attached hydrogen (secondary N) is 1. The minimum absolute atomic E-state index is 0.0974. The molecule has 152 valence electrons. The molecule has 0 radical (unpaired) electrons. The van der Waals surface area contributed by atoms with Gasteiger partial charge in [0.1, 0.15) is 0 Å². The van der Waals surface area contributed by atoms with Crippen LogP contribution in [0.15, 0.2) is 28.9 Å². The second kappa shape index (κ2) is 8.64. The molecule has 2 aromatic rings. The fourth-order valence-corrected chi connectivity index (χ4v) is 5.12. The van der Waals surface area contributed by atoms with E-state index in [-0.39, 0.29) is 11.7 Å². The lowest BCUT2D eigenvalue weighted by Gasteiger charge is -2.34. The number of fused-ring (bicyclic) bond motifs is 1. The summed E-state index contributed by atoms with van der Waals surface area (Å²) in [6.07, 6.45) is 9.81. The molecule has 1 amide bonds. The van der Waals surface area contributed by atoms with E-state index in [4.69, 9.17) is 4.42 Å². The first-order chi connectivity index (χ1) is 13.6.